The molecule has 1 aliphatic heterocycles. The van der Waals surface area contributed by atoms with Gasteiger partial charge in [0.25, 0.3) is 0 Å². The summed E-state index contributed by atoms with van der Waals surface area (Å²) in [4.78, 5) is 4.22. The molecule has 33 heavy (non-hydrogen) atoms. The van der Waals surface area contributed by atoms with Crippen molar-refractivity contribution in [1.82, 2.24) is 10.6 Å². The molecule has 0 spiro atoms. The van der Waals surface area contributed by atoms with Gasteiger partial charge in [0.05, 0.1) is 12.7 Å². The van der Waals surface area contributed by atoms with Gasteiger partial charge in [0.1, 0.15) is 5.75 Å². The number of aryl methyl sites for hydroxylation is 1. The molecule has 6 nitrogen and oxygen atoms in total. The zero-order valence-electron chi connectivity index (χ0n) is 19.0. The predicted octanol–water partition coefficient (Wildman–Crippen LogP) is 4.78. The lowest BCUT2D eigenvalue weighted by atomic mass is 10.1. The molecule has 182 valence electrons. The average Bonchev–Trinajstić information content (AvgIpc) is 2.80. The summed E-state index contributed by atoms with van der Waals surface area (Å²) in [6.07, 6.45) is 2.14. The van der Waals surface area contributed by atoms with E-state index in [4.69, 9.17) is 9.47 Å². The fourth-order valence-electron chi connectivity index (χ4n) is 3.53. The van der Waals surface area contributed by atoms with Crippen molar-refractivity contribution in [2.75, 3.05) is 20.3 Å². The fourth-order valence-corrected chi connectivity index (χ4v) is 3.53. The Morgan fingerprint density at radius 1 is 1.09 bits per heavy atom. The van der Waals surface area contributed by atoms with Gasteiger partial charge in [0, 0.05) is 38.9 Å². The van der Waals surface area contributed by atoms with Crippen LogP contribution >= 0.6 is 24.0 Å². The average molecular weight is 575 g/mol. The van der Waals surface area contributed by atoms with E-state index in [0.717, 1.165) is 42.7 Å². The van der Waals surface area contributed by atoms with E-state index in [-0.39, 0.29) is 35.8 Å². The number of benzene rings is 2. The standard InChI is InChI=1S/C24H31F2N3O3.HI/c1-17-6-7-22(32-23(25)26)20(12-17)15-29-24(27-2)28-14-18-4-3-5-19(13-18)16-31-21-8-10-30-11-9-21;/h3-7,12-13,21,23H,8-11,14-16H2,1-2H3,(H2,27,28,29);1H. The smallest absolute Gasteiger partial charge is 0.387 e. The minimum absolute atomic E-state index is 0. The minimum Gasteiger partial charge on any atom is -0.434 e. The van der Waals surface area contributed by atoms with Crippen LogP contribution in [0, 0.1) is 6.92 Å². The number of ether oxygens (including phenoxy) is 3. The quantitative estimate of drug-likeness (QED) is 0.256. The molecule has 0 saturated carbocycles. The second-order valence-corrected chi connectivity index (χ2v) is 7.71. The van der Waals surface area contributed by atoms with Crippen molar-refractivity contribution in [3.8, 4) is 5.75 Å². The van der Waals surface area contributed by atoms with Crippen LogP contribution in [0.5, 0.6) is 5.75 Å². The Morgan fingerprint density at radius 2 is 1.82 bits per heavy atom. The monoisotopic (exact) mass is 575 g/mol. The summed E-state index contributed by atoms with van der Waals surface area (Å²) in [5, 5.41) is 6.41. The van der Waals surface area contributed by atoms with Crippen molar-refractivity contribution in [2.45, 2.75) is 52.2 Å². The maximum atomic E-state index is 12.7. The first-order valence-electron chi connectivity index (χ1n) is 10.8. The topological polar surface area (TPSA) is 64.1 Å². The Bertz CT molecular complexity index is 893. The normalized spacial score (nSPS) is 14.6. The molecule has 1 heterocycles. The van der Waals surface area contributed by atoms with E-state index in [0.29, 0.717) is 31.2 Å². The van der Waals surface area contributed by atoms with E-state index in [1.165, 1.54) is 0 Å². The molecule has 0 unspecified atom stereocenters. The van der Waals surface area contributed by atoms with Crippen LogP contribution in [0.4, 0.5) is 8.78 Å². The molecule has 1 aliphatic rings. The molecule has 0 bridgehead atoms. The molecule has 2 N–H and O–H groups in total. The van der Waals surface area contributed by atoms with Gasteiger partial charge in [-0.05, 0) is 37.0 Å². The Balaban J connectivity index is 0.00000385. The lowest BCUT2D eigenvalue weighted by Gasteiger charge is -2.22. The SMILES string of the molecule is CN=C(NCc1cccc(COC2CCOCC2)c1)NCc1cc(C)ccc1OC(F)F.I. The fraction of sp³-hybridized carbons (Fsp3) is 0.458. The van der Waals surface area contributed by atoms with Crippen molar-refractivity contribution in [1.29, 1.82) is 0 Å². The van der Waals surface area contributed by atoms with Crippen LogP contribution in [0.1, 0.15) is 35.1 Å². The molecule has 0 atom stereocenters. The highest BCUT2D eigenvalue weighted by Crippen LogP contribution is 2.22. The van der Waals surface area contributed by atoms with Crippen LogP contribution in [-0.4, -0.2) is 38.9 Å². The summed E-state index contributed by atoms with van der Waals surface area (Å²) in [5.74, 6) is 0.726. The van der Waals surface area contributed by atoms with Crippen molar-refractivity contribution in [3.63, 3.8) is 0 Å². The number of hydrogen-bond donors (Lipinski definition) is 2. The maximum Gasteiger partial charge on any atom is 0.387 e. The molecular formula is C24H32F2IN3O3. The van der Waals surface area contributed by atoms with Gasteiger partial charge < -0.3 is 24.8 Å². The van der Waals surface area contributed by atoms with E-state index in [1.54, 1.807) is 19.2 Å². The van der Waals surface area contributed by atoms with E-state index in [1.807, 2.05) is 25.1 Å². The third kappa shape index (κ3) is 9.42. The van der Waals surface area contributed by atoms with E-state index in [9.17, 15) is 8.78 Å². The number of guanidine groups is 1. The van der Waals surface area contributed by atoms with Crippen LogP contribution in [0.15, 0.2) is 47.5 Å². The highest BCUT2D eigenvalue weighted by Gasteiger charge is 2.14. The Morgan fingerprint density at radius 3 is 2.55 bits per heavy atom. The number of hydrogen-bond acceptors (Lipinski definition) is 4. The number of alkyl halides is 2. The second kappa shape index (κ2) is 14.3. The highest BCUT2D eigenvalue weighted by molar-refractivity contribution is 14.0. The lowest BCUT2D eigenvalue weighted by Crippen LogP contribution is -2.36. The van der Waals surface area contributed by atoms with Crippen LogP contribution in [0.2, 0.25) is 0 Å². The first kappa shape index (κ1) is 27.3. The van der Waals surface area contributed by atoms with Gasteiger partial charge in [-0.15, -0.1) is 24.0 Å². The molecule has 1 fully saturated rings. The predicted molar refractivity (Wildman–Crippen MR) is 135 cm³/mol. The summed E-state index contributed by atoms with van der Waals surface area (Å²) < 4.78 is 41.3. The van der Waals surface area contributed by atoms with E-state index < -0.39 is 6.61 Å². The number of nitrogens with one attached hydrogen (secondary N) is 2. The highest BCUT2D eigenvalue weighted by atomic mass is 127. The Labute approximate surface area is 211 Å². The van der Waals surface area contributed by atoms with Crippen molar-refractivity contribution in [2.24, 2.45) is 4.99 Å². The van der Waals surface area contributed by atoms with Gasteiger partial charge in [-0.2, -0.15) is 8.78 Å². The van der Waals surface area contributed by atoms with Gasteiger partial charge in [-0.25, -0.2) is 0 Å². The molecule has 0 aliphatic carbocycles. The van der Waals surface area contributed by atoms with Gasteiger partial charge >= 0.3 is 6.61 Å². The molecule has 2 aromatic rings. The first-order valence-corrected chi connectivity index (χ1v) is 10.8. The van der Waals surface area contributed by atoms with Crippen LogP contribution in [0.3, 0.4) is 0 Å². The maximum absolute atomic E-state index is 12.7. The zero-order chi connectivity index (χ0) is 22.8. The summed E-state index contributed by atoms with van der Waals surface area (Å²) in [7, 11) is 1.67. The van der Waals surface area contributed by atoms with Crippen LogP contribution < -0.4 is 15.4 Å². The van der Waals surface area contributed by atoms with Crippen LogP contribution in [-0.2, 0) is 29.2 Å². The summed E-state index contributed by atoms with van der Waals surface area (Å²) in [6, 6.07) is 13.3. The molecule has 0 aromatic heterocycles. The first-order chi connectivity index (χ1) is 15.5. The van der Waals surface area contributed by atoms with E-state index in [2.05, 4.69) is 32.5 Å². The molecule has 2 aromatic carbocycles. The van der Waals surface area contributed by atoms with Gasteiger partial charge in [-0.3, -0.25) is 4.99 Å². The number of halogens is 3. The third-order valence-corrected chi connectivity index (χ3v) is 5.21. The zero-order valence-corrected chi connectivity index (χ0v) is 21.3. The molecular weight excluding hydrogens is 543 g/mol. The van der Waals surface area contributed by atoms with Crippen molar-refractivity contribution < 1.29 is 23.0 Å². The molecule has 3 rings (SSSR count). The van der Waals surface area contributed by atoms with Crippen molar-refractivity contribution >= 4 is 29.9 Å². The summed E-state index contributed by atoms with van der Waals surface area (Å²) in [5.41, 5.74) is 3.82. The Kier molecular flexibility index (Phi) is 11.8. The van der Waals surface area contributed by atoms with Gasteiger partial charge in [-0.1, -0.05) is 42.0 Å². The van der Waals surface area contributed by atoms with E-state index >= 15 is 0 Å². The molecule has 0 amide bonds. The minimum atomic E-state index is -2.86. The van der Waals surface area contributed by atoms with Gasteiger partial charge in [0.15, 0.2) is 5.96 Å². The second-order valence-electron chi connectivity index (χ2n) is 7.71. The summed E-state index contributed by atoms with van der Waals surface area (Å²) in [6.45, 7) is 2.02. The van der Waals surface area contributed by atoms with Crippen LogP contribution in [0.25, 0.3) is 0 Å². The number of nitrogens with zero attached hydrogens (tertiary/aromatic N) is 1. The van der Waals surface area contributed by atoms with Crippen molar-refractivity contribution in [3.05, 3.63) is 64.7 Å². The largest absolute Gasteiger partial charge is 0.434 e. The lowest BCUT2D eigenvalue weighted by molar-refractivity contribution is -0.0504. The third-order valence-electron chi connectivity index (χ3n) is 5.21. The molecule has 9 heteroatoms. The number of rotatable bonds is 9. The summed E-state index contributed by atoms with van der Waals surface area (Å²) >= 11 is 0. The molecule has 1 saturated heterocycles. The van der Waals surface area contributed by atoms with Gasteiger partial charge in [0.2, 0.25) is 0 Å². The molecule has 0 radical (unpaired) electrons. The Hall–Kier alpha value is -1.98. The number of aliphatic imine (C=N–C) groups is 1.